The van der Waals surface area contributed by atoms with Crippen LogP contribution in [-0.2, 0) is 19.4 Å². The number of amides is 1. The summed E-state index contributed by atoms with van der Waals surface area (Å²) in [5.74, 6) is -1.71. The lowest BCUT2D eigenvalue weighted by molar-refractivity contribution is -0.138. The zero-order chi connectivity index (χ0) is 12.7. The summed E-state index contributed by atoms with van der Waals surface area (Å²) >= 11 is 0. The van der Waals surface area contributed by atoms with Crippen molar-refractivity contribution in [3.63, 3.8) is 0 Å². The first-order valence-corrected chi connectivity index (χ1v) is 6.36. The fourth-order valence-corrected chi connectivity index (χ4v) is 3.50. The van der Waals surface area contributed by atoms with Crippen LogP contribution in [0.4, 0.5) is 0 Å². The van der Waals surface area contributed by atoms with Gasteiger partial charge in [0.05, 0.1) is 4.75 Å². The number of carboxylic acids is 1. The minimum absolute atomic E-state index is 0.0362. The molecule has 0 aromatic rings. The van der Waals surface area contributed by atoms with E-state index >= 15 is 0 Å². The van der Waals surface area contributed by atoms with Gasteiger partial charge in [0.15, 0.2) is 15.1 Å². The van der Waals surface area contributed by atoms with Crippen molar-refractivity contribution >= 4 is 21.7 Å². The molecule has 0 saturated carbocycles. The Morgan fingerprint density at radius 2 is 1.88 bits per heavy atom. The number of sulfone groups is 1. The second-order valence-electron chi connectivity index (χ2n) is 4.53. The van der Waals surface area contributed by atoms with Gasteiger partial charge in [-0.25, -0.2) is 8.42 Å². The lowest BCUT2D eigenvalue weighted by Gasteiger charge is -2.40. The molecule has 0 aliphatic carbocycles. The Morgan fingerprint density at radius 3 is 2.25 bits per heavy atom. The van der Waals surface area contributed by atoms with Crippen LogP contribution in [0.25, 0.3) is 0 Å². The van der Waals surface area contributed by atoms with E-state index < -0.39 is 25.8 Å². The first-order valence-electron chi connectivity index (χ1n) is 4.81. The second-order valence-corrected chi connectivity index (χ2v) is 7.30. The predicted molar refractivity (Wildman–Crippen MR) is 56.7 cm³/mol. The summed E-state index contributed by atoms with van der Waals surface area (Å²) in [4.78, 5) is 23.4. The summed E-state index contributed by atoms with van der Waals surface area (Å²) in [7, 11) is -3.76. The van der Waals surface area contributed by atoms with Crippen molar-refractivity contribution in [2.24, 2.45) is 0 Å². The number of aliphatic carboxylic acids is 1. The van der Waals surface area contributed by atoms with E-state index in [2.05, 4.69) is 0 Å². The number of carbonyl (C=O) groups is 2. The summed E-state index contributed by atoms with van der Waals surface area (Å²) in [5.41, 5.74) is 0. The molecule has 92 valence electrons. The van der Waals surface area contributed by atoms with Crippen LogP contribution in [0.1, 0.15) is 20.8 Å². The normalized spacial score (nSPS) is 27.4. The maximum atomic E-state index is 11.9. The van der Waals surface area contributed by atoms with E-state index in [4.69, 9.17) is 5.11 Å². The smallest absolute Gasteiger partial charge is 0.323 e. The number of carboxylic acid groups (broad SMARTS) is 1. The number of hydrogen-bond acceptors (Lipinski definition) is 4. The molecule has 6 nitrogen and oxygen atoms in total. The van der Waals surface area contributed by atoms with Gasteiger partial charge in [-0.1, -0.05) is 0 Å². The summed E-state index contributed by atoms with van der Waals surface area (Å²) in [6, 6.07) is 0. The first-order chi connectivity index (χ1) is 7.09. The zero-order valence-corrected chi connectivity index (χ0v) is 10.2. The van der Waals surface area contributed by atoms with Crippen molar-refractivity contribution < 1.29 is 23.1 Å². The minimum Gasteiger partial charge on any atom is -0.480 e. The van der Waals surface area contributed by atoms with Crippen LogP contribution in [0, 0.1) is 0 Å². The van der Waals surface area contributed by atoms with E-state index in [0.717, 1.165) is 0 Å². The van der Waals surface area contributed by atoms with Gasteiger partial charge in [-0.15, -0.1) is 0 Å². The van der Waals surface area contributed by atoms with E-state index in [1.807, 2.05) is 0 Å². The van der Waals surface area contributed by atoms with Crippen LogP contribution in [0.2, 0.25) is 0 Å². The molecule has 7 heteroatoms. The molecule has 1 aliphatic heterocycles. The minimum atomic E-state index is -3.76. The van der Waals surface area contributed by atoms with E-state index in [9.17, 15) is 18.0 Å². The highest BCUT2D eigenvalue weighted by Gasteiger charge is 2.50. The van der Waals surface area contributed by atoms with Crippen LogP contribution in [0.3, 0.4) is 0 Å². The Hall–Kier alpha value is -1.11. The molecule has 16 heavy (non-hydrogen) atoms. The highest BCUT2D eigenvalue weighted by Crippen LogP contribution is 2.28. The van der Waals surface area contributed by atoms with Crippen LogP contribution < -0.4 is 0 Å². The molecule has 0 aromatic carbocycles. The molecule has 1 N–H and O–H groups in total. The van der Waals surface area contributed by atoms with Gasteiger partial charge in [0.1, 0.15) is 0 Å². The monoisotopic (exact) mass is 249 g/mol. The maximum absolute atomic E-state index is 11.9. The van der Waals surface area contributed by atoms with Crippen LogP contribution >= 0.6 is 0 Å². The van der Waals surface area contributed by atoms with Gasteiger partial charge in [0.25, 0.3) is 0 Å². The number of hydrogen-bond donors (Lipinski definition) is 1. The summed E-state index contributed by atoms with van der Waals surface area (Å²) in [5, 5.41) is 7.36. The Balaban J connectivity index is 3.19. The Bertz CT molecular complexity index is 425. The molecule has 1 saturated heterocycles. The van der Waals surface area contributed by atoms with Gasteiger partial charge in [-0.05, 0) is 13.8 Å². The third kappa shape index (κ3) is 1.91. The second kappa shape index (κ2) is 3.73. The van der Waals surface area contributed by atoms with E-state index in [-0.39, 0.29) is 19.0 Å². The van der Waals surface area contributed by atoms with Crippen molar-refractivity contribution in [3.05, 3.63) is 0 Å². The van der Waals surface area contributed by atoms with Gasteiger partial charge < -0.3 is 10.0 Å². The zero-order valence-electron chi connectivity index (χ0n) is 9.43. The largest absolute Gasteiger partial charge is 0.480 e. The van der Waals surface area contributed by atoms with Gasteiger partial charge in [-0.2, -0.15) is 0 Å². The fourth-order valence-electron chi connectivity index (χ4n) is 1.75. The summed E-state index contributed by atoms with van der Waals surface area (Å²) in [6.45, 7) is 3.94. The molecular weight excluding hydrogens is 234 g/mol. The molecule has 0 spiro atoms. The SMILES string of the molecule is CC(=O)N1CC(C(=O)O)S(=O)(=O)C(C)(C)C1. The molecule has 1 rings (SSSR count). The number of rotatable bonds is 1. The lowest BCUT2D eigenvalue weighted by Crippen LogP contribution is -2.60. The molecule has 1 heterocycles. The molecular formula is C9H15NO5S. The van der Waals surface area contributed by atoms with Gasteiger partial charge in [0, 0.05) is 20.0 Å². The third-order valence-electron chi connectivity index (χ3n) is 2.82. The molecule has 0 bridgehead atoms. The predicted octanol–water partition coefficient (Wildman–Crippen LogP) is -0.505. The maximum Gasteiger partial charge on any atom is 0.323 e. The van der Waals surface area contributed by atoms with Gasteiger partial charge >= 0.3 is 5.97 Å². The molecule has 1 fully saturated rings. The Morgan fingerprint density at radius 1 is 1.38 bits per heavy atom. The van der Waals surface area contributed by atoms with Gasteiger partial charge in [0.2, 0.25) is 5.91 Å². The standard InChI is InChI=1S/C9H15NO5S/c1-6(11)10-4-7(8(12)13)16(14,15)9(2,3)5-10/h7H,4-5H2,1-3H3,(H,12,13). The van der Waals surface area contributed by atoms with Crippen molar-refractivity contribution in [2.45, 2.75) is 30.8 Å². The molecule has 1 unspecified atom stereocenters. The average molecular weight is 249 g/mol. The van der Waals surface area contributed by atoms with Crippen LogP contribution in [-0.4, -0.2) is 53.4 Å². The third-order valence-corrected chi connectivity index (χ3v) is 5.59. The number of nitrogens with zero attached hydrogens (tertiary/aromatic N) is 1. The molecule has 0 radical (unpaired) electrons. The van der Waals surface area contributed by atoms with Gasteiger partial charge in [-0.3, -0.25) is 9.59 Å². The van der Waals surface area contributed by atoms with E-state index in [1.165, 1.54) is 25.7 Å². The highest BCUT2D eigenvalue weighted by atomic mass is 32.2. The topological polar surface area (TPSA) is 91.8 Å². The Labute approximate surface area is 94.2 Å². The lowest BCUT2D eigenvalue weighted by atomic mass is 10.1. The highest BCUT2D eigenvalue weighted by molar-refractivity contribution is 7.94. The average Bonchev–Trinajstić information content (AvgIpc) is 2.08. The summed E-state index contributed by atoms with van der Waals surface area (Å²) in [6.07, 6.45) is 0. The van der Waals surface area contributed by atoms with Crippen molar-refractivity contribution in [2.75, 3.05) is 13.1 Å². The van der Waals surface area contributed by atoms with Crippen molar-refractivity contribution in [1.82, 2.24) is 4.90 Å². The van der Waals surface area contributed by atoms with Crippen molar-refractivity contribution in [1.29, 1.82) is 0 Å². The summed E-state index contributed by atoms with van der Waals surface area (Å²) < 4.78 is 22.6. The van der Waals surface area contributed by atoms with E-state index in [1.54, 1.807) is 0 Å². The quantitative estimate of drug-likeness (QED) is 0.676. The van der Waals surface area contributed by atoms with Crippen LogP contribution in [0.15, 0.2) is 0 Å². The molecule has 1 amide bonds. The first kappa shape index (κ1) is 13.0. The fraction of sp³-hybridized carbons (Fsp3) is 0.778. The van der Waals surface area contributed by atoms with E-state index in [0.29, 0.717) is 0 Å². The Kier molecular flexibility index (Phi) is 3.02. The molecule has 0 aromatic heterocycles. The molecule has 1 atom stereocenters. The van der Waals surface area contributed by atoms with Crippen molar-refractivity contribution in [3.8, 4) is 0 Å². The van der Waals surface area contributed by atoms with Crippen LogP contribution in [0.5, 0.6) is 0 Å². The molecule has 1 aliphatic rings. The number of carbonyl (C=O) groups excluding carboxylic acids is 1.